The lowest BCUT2D eigenvalue weighted by Gasteiger charge is -2.21. The molecule has 150 valence electrons. The van der Waals surface area contributed by atoms with E-state index in [0.29, 0.717) is 12.1 Å². The molecule has 28 heavy (non-hydrogen) atoms. The second-order valence-corrected chi connectivity index (χ2v) is 6.87. The number of amides is 1. The van der Waals surface area contributed by atoms with E-state index in [2.05, 4.69) is 20.4 Å². The van der Waals surface area contributed by atoms with Crippen LogP contribution in [0.4, 0.5) is 13.2 Å². The van der Waals surface area contributed by atoms with Gasteiger partial charge in [-0.3, -0.25) is 15.1 Å². The number of halogens is 4. The zero-order valence-corrected chi connectivity index (χ0v) is 15.6. The van der Waals surface area contributed by atoms with E-state index in [-0.39, 0.29) is 30.1 Å². The molecule has 1 aromatic heterocycles. The van der Waals surface area contributed by atoms with Crippen LogP contribution >= 0.6 is 12.4 Å². The highest BCUT2D eigenvalue weighted by Gasteiger charge is 2.48. The van der Waals surface area contributed by atoms with E-state index in [1.54, 1.807) is 18.3 Å². The molecule has 1 amide bonds. The normalized spacial score (nSPS) is 24.1. The van der Waals surface area contributed by atoms with E-state index >= 15 is 0 Å². The van der Waals surface area contributed by atoms with Crippen LogP contribution in [0.15, 0.2) is 42.6 Å². The van der Waals surface area contributed by atoms with E-state index in [0.717, 1.165) is 30.5 Å². The Kier molecular flexibility index (Phi) is 5.54. The number of alkyl halides is 3. The number of benzene rings is 1. The van der Waals surface area contributed by atoms with Crippen LogP contribution in [-0.4, -0.2) is 29.3 Å². The van der Waals surface area contributed by atoms with Crippen molar-refractivity contribution in [1.29, 1.82) is 0 Å². The van der Waals surface area contributed by atoms with Crippen LogP contribution in [-0.2, 0) is 4.79 Å². The second-order valence-electron chi connectivity index (χ2n) is 6.87. The highest BCUT2D eigenvalue weighted by Crippen LogP contribution is 2.37. The van der Waals surface area contributed by atoms with E-state index < -0.39 is 11.9 Å². The molecule has 4 rings (SSSR count). The Labute approximate surface area is 166 Å². The molecule has 3 heterocycles. The van der Waals surface area contributed by atoms with Gasteiger partial charge in [-0.1, -0.05) is 12.1 Å². The first kappa shape index (κ1) is 20.4. The topological polar surface area (TPSA) is 63.2 Å². The van der Waals surface area contributed by atoms with Gasteiger partial charge >= 0.3 is 6.36 Å². The zero-order valence-electron chi connectivity index (χ0n) is 14.8. The average Bonchev–Trinajstić information content (AvgIpc) is 3.21. The lowest BCUT2D eigenvalue weighted by atomic mass is 9.96. The predicted octanol–water partition coefficient (Wildman–Crippen LogP) is 3.75. The number of rotatable bonds is 3. The number of ether oxygens (including phenoxy) is 1. The van der Waals surface area contributed by atoms with Crippen LogP contribution in [0.3, 0.4) is 0 Å². The fraction of sp³-hybridized carbons (Fsp3) is 0.368. The molecular weight excluding hydrogens is 395 g/mol. The van der Waals surface area contributed by atoms with Crippen molar-refractivity contribution in [1.82, 2.24) is 15.6 Å². The average molecular weight is 414 g/mol. The Bertz CT molecular complexity index is 877. The van der Waals surface area contributed by atoms with E-state index in [1.807, 2.05) is 6.07 Å². The molecule has 2 aliphatic heterocycles. The summed E-state index contributed by atoms with van der Waals surface area (Å²) in [6, 6.07) is 9.36. The van der Waals surface area contributed by atoms with Gasteiger partial charge in [-0.2, -0.15) is 0 Å². The molecule has 2 fully saturated rings. The van der Waals surface area contributed by atoms with Gasteiger partial charge in [0.1, 0.15) is 11.3 Å². The monoisotopic (exact) mass is 413 g/mol. The molecular formula is C19H19ClF3N3O2. The third-order valence-corrected chi connectivity index (χ3v) is 5.12. The molecule has 5 nitrogen and oxygen atoms in total. The minimum Gasteiger partial charge on any atom is -0.406 e. The van der Waals surface area contributed by atoms with Gasteiger partial charge in [0.15, 0.2) is 0 Å². The maximum atomic E-state index is 12.4. The Morgan fingerprint density at radius 1 is 1.14 bits per heavy atom. The summed E-state index contributed by atoms with van der Waals surface area (Å²) < 4.78 is 41.3. The first-order valence-corrected chi connectivity index (χ1v) is 8.73. The van der Waals surface area contributed by atoms with Gasteiger partial charge in [-0.15, -0.1) is 25.6 Å². The zero-order chi connectivity index (χ0) is 19.1. The minimum absolute atomic E-state index is 0. The maximum Gasteiger partial charge on any atom is 0.573 e. The molecule has 0 bridgehead atoms. The second kappa shape index (κ2) is 7.60. The fourth-order valence-electron chi connectivity index (χ4n) is 3.83. The summed E-state index contributed by atoms with van der Waals surface area (Å²) >= 11 is 0. The lowest BCUT2D eigenvalue weighted by Crippen LogP contribution is -2.47. The van der Waals surface area contributed by atoms with E-state index in [4.69, 9.17) is 0 Å². The molecule has 0 radical (unpaired) electrons. The molecule has 2 atom stereocenters. The number of aromatic nitrogens is 1. The molecule has 2 aromatic rings. The van der Waals surface area contributed by atoms with Gasteiger partial charge in [0, 0.05) is 12.7 Å². The van der Waals surface area contributed by atoms with Crippen molar-refractivity contribution in [2.45, 2.75) is 37.2 Å². The Morgan fingerprint density at radius 2 is 1.93 bits per heavy atom. The summed E-state index contributed by atoms with van der Waals surface area (Å²) in [4.78, 5) is 16.5. The summed E-state index contributed by atoms with van der Waals surface area (Å²) in [5, 5.41) is 6.26. The number of carbonyl (C=O) groups excluding carboxylic acids is 1. The van der Waals surface area contributed by atoms with Crippen molar-refractivity contribution in [3.63, 3.8) is 0 Å². The number of nitrogens with one attached hydrogen (secondary N) is 2. The van der Waals surface area contributed by atoms with Crippen LogP contribution in [0.1, 0.15) is 31.0 Å². The van der Waals surface area contributed by atoms with Crippen LogP contribution < -0.4 is 15.4 Å². The molecule has 1 aromatic carbocycles. The van der Waals surface area contributed by atoms with Crippen molar-refractivity contribution in [3.05, 3.63) is 48.3 Å². The molecule has 9 heteroatoms. The SMILES string of the molecule is Cl.O=C1NCC[C@]12CC[C@@H](c1cc(-c3cccc(OC(F)(F)F)c3)ccn1)N2. The van der Waals surface area contributed by atoms with Gasteiger partial charge in [-0.25, -0.2) is 0 Å². The van der Waals surface area contributed by atoms with Crippen molar-refractivity contribution < 1.29 is 22.7 Å². The first-order valence-electron chi connectivity index (χ1n) is 8.73. The largest absolute Gasteiger partial charge is 0.573 e. The van der Waals surface area contributed by atoms with Crippen molar-refractivity contribution in [2.75, 3.05) is 6.54 Å². The summed E-state index contributed by atoms with van der Waals surface area (Å²) in [6.07, 6.45) is -0.834. The standard InChI is InChI=1S/C19H18F3N3O2.ClH/c20-19(21,22)27-14-3-1-2-12(10-14)13-5-8-23-16(11-13)15-4-6-18(25-15)7-9-24-17(18)26;/h1-3,5,8,10-11,15,25H,4,6-7,9H2,(H,24,26);1H/t15-,18+;/m0./s1. The highest BCUT2D eigenvalue weighted by molar-refractivity contribution is 5.88. The summed E-state index contributed by atoms with van der Waals surface area (Å²) in [7, 11) is 0. The van der Waals surface area contributed by atoms with Gasteiger partial charge in [0.05, 0.1) is 11.7 Å². The highest BCUT2D eigenvalue weighted by atomic mass is 35.5. The quantitative estimate of drug-likeness (QED) is 0.804. The third kappa shape index (κ3) is 4.07. The van der Waals surface area contributed by atoms with Gasteiger partial charge in [0.25, 0.3) is 0 Å². The van der Waals surface area contributed by atoms with E-state index in [1.165, 1.54) is 18.2 Å². The molecule has 0 saturated carbocycles. The van der Waals surface area contributed by atoms with Crippen LogP contribution in [0.2, 0.25) is 0 Å². The third-order valence-electron chi connectivity index (χ3n) is 5.12. The molecule has 2 N–H and O–H groups in total. The summed E-state index contributed by atoms with van der Waals surface area (Å²) in [6.45, 7) is 0.665. The smallest absolute Gasteiger partial charge is 0.406 e. The van der Waals surface area contributed by atoms with Gasteiger partial charge in [0.2, 0.25) is 5.91 Å². The minimum atomic E-state index is -4.73. The Morgan fingerprint density at radius 3 is 2.64 bits per heavy atom. The fourth-order valence-corrected chi connectivity index (χ4v) is 3.83. The first-order chi connectivity index (χ1) is 12.8. The summed E-state index contributed by atoms with van der Waals surface area (Å²) in [5.41, 5.74) is 1.59. The lowest BCUT2D eigenvalue weighted by molar-refractivity contribution is -0.274. The number of nitrogens with zero attached hydrogens (tertiary/aromatic N) is 1. The van der Waals surface area contributed by atoms with Crippen molar-refractivity contribution in [3.8, 4) is 16.9 Å². The number of hydrogen-bond acceptors (Lipinski definition) is 4. The van der Waals surface area contributed by atoms with E-state index in [9.17, 15) is 18.0 Å². The van der Waals surface area contributed by atoms with Gasteiger partial charge in [-0.05, 0) is 54.7 Å². The molecule has 1 spiro atoms. The molecule has 2 aliphatic rings. The molecule has 2 saturated heterocycles. The van der Waals surface area contributed by atoms with Crippen molar-refractivity contribution >= 4 is 18.3 Å². The Hall–Kier alpha value is -2.32. The molecule has 0 aliphatic carbocycles. The summed E-state index contributed by atoms with van der Waals surface area (Å²) in [5.74, 6) is -0.239. The van der Waals surface area contributed by atoms with Crippen LogP contribution in [0, 0.1) is 0 Å². The van der Waals surface area contributed by atoms with Crippen LogP contribution in [0.5, 0.6) is 5.75 Å². The predicted molar refractivity (Wildman–Crippen MR) is 99.1 cm³/mol. The number of hydrogen-bond donors (Lipinski definition) is 2. The number of pyridine rings is 1. The van der Waals surface area contributed by atoms with Gasteiger partial charge < -0.3 is 10.1 Å². The molecule has 0 unspecified atom stereocenters. The Balaban J connectivity index is 0.00000225. The van der Waals surface area contributed by atoms with Crippen LogP contribution in [0.25, 0.3) is 11.1 Å². The maximum absolute atomic E-state index is 12.4. The van der Waals surface area contributed by atoms with Crippen molar-refractivity contribution in [2.24, 2.45) is 0 Å². The number of carbonyl (C=O) groups is 1.